The van der Waals surface area contributed by atoms with Crippen LogP contribution in [0.4, 0.5) is 8.78 Å². The number of aryl methyl sites for hydroxylation is 1. The van der Waals surface area contributed by atoms with Gasteiger partial charge in [0.05, 0.1) is 11.6 Å². The minimum Gasteiger partial charge on any atom is -0.481 e. The first kappa shape index (κ1) is 25.2. The Morgan fingerprint density at radius 2 is 1.88 bits per heavy atom. The van der Waals surface area contributed by atoms with Crippen LogP contribution in [0.25, 0.3) is 11.1 Å². The highest BCUT2D eigenvalue weighted by Gasteiger charge is 2.21. The average Bonchev–Trinajstić information content (AvgIpc) is 2.74. The maximum atomic E-state index is 14.4. The molecule has 3 rings (SSSR count). The number of carboxylic acid groups (broad SMARTS) is 1. The molecule has 0 unspecified atom stereocenters. The van der Waals surface area contributed by atoms with E-state index in [1.54, 1.807) is 19.1 Å². The topological polar surface area (TPSA) is 85.4 Å². The Morgan fingerprint density at radius 3 is 2.53 bits per heavy atom. The Labute approximate surface area is 191 Å². The predicted molar refractivity (Wildman–Crippen MR) is 121 cm³/mol. The van der Waals surface area contributed by atoms with Crippen molar-refractivity contribution in [3.05, 3.63) is 77.0 Å². The zero-order chi connectivity index (χ0) is 22.5. The molecule has 3 N–H and O–H groups in total. The van der Waals surface area contributed by atoms with Crippen LogP contribution >= 0.6 is 12.4 Å². The van der Waals surface area contributed by atoms with Gasteiger partial charge in [0.25, 0.3) is 5.88 Å². The van der Waals surface area contributed by atoms with Crippen LogP contribution in [0.2, 0.25) is 0 Å². The molecule has 0 spiro atoms. The second-order valence-corrected chi connectivity index (χ2v) is 7.39. The van der Waals surface area contributed by atoms with Gasteiger partial charge in [0.2, 0.25) is 0 Å². The number of hydrogen-bond acceptors (Lipinski definition) is 4. The van der Waals surface area contributed by atoms with Crippen molar-refractivity contribution < 1.29 is 23.4 Å². The normalized spacial score (nSPS) is 11.5. The molecule has 32 heavy (non-hydrogen) atoms. The Hall–Kier alpha value is -3.03. The molecule has 3 aromatic rings. The number of nitrogens with two attached hydrogens (primary N) is 1. The molecule has 0 saturated heterocycles. The van der Waals surface area contributed by atoms with E-state index in [-0.39, 0.29) is 24.5 Å². The zero-order valence-corrected chi connectivity index (χ0v) is 18.6. The van der Waals surface area contributed by atoms with Gasteiger partial charge in [-0.05, 0) is 53.8 Å². The van der Waals surface area contributed by atoms with Crippen LogP contribution in [-0.2, 0) is 17.8 Å². The number of carboxylic acids is 1. The molecule has 0 aliphatic heterocycles. The predicted octanol–water partition coefficient (Wildman–Crippen LogP) is 5.66. The Balaban J connectivity index is 0.00000363. The van der Waals surface area contributed by atoms with Crippen LogP contribution in [0.15, 0.2) is 48.5 Å². The molecule has 1 aromatic heterocycles. The number of aliphatic carboxylic acids is 1. The molecule has 1 heterocycles. The van der Waals surface area contributed by atoms with E-state index in [2.05, 4.69) is 4.98 Å². The van der Waals surface area contributed by atoms with Gasteiger partial charge in [-0.1, -0.05) is 31.2 Å². The van der Waals surface area contributed by atoms with Gasteiger partial charge in [0.1, 0.15) is 11.6 Å². The number of nitrogens with zero attached hydrogens (tertiary/aromatic N) is 1. The lowest BCUT2D eigenvalue weighted by Crippen LogP contribution is -2.17. The van der Waals surface area contributed by atoms with Gasteiger partial charge >= 0.3 is 5.97 Å². The molecule has 8 heteroatoms. The van der Waals surface area contributed by atoms with Crippen LogP contribution in [0, 0.1) is 24.5 Å². The Kier molecular flexibility index (Phi) is 8.69. The van der Waals surface area contributed by atoms with Crippen LogP contribution in [-0.4, -0.2) is 16.1 Å². The first-order valence-electron chi connectivity index (χ1n) is 9.97. The summed E-state index contributed by atoms with van der Waals surface area (Å²) < 4.78 is 34.2. The molecule has 0 radical (unpaired) electrons. The fourth-order valence-corrected chi connectivity index (χ4v) is 3.30. The van der Waals surface area contributed by atoms with Gasteiger partial charge in [0.15, 0.2) is 5.82 Å². The smallest absolute Gasteiger partial charge is 0.306 e. The summed E-state index contributed by atoms with van der Waals surface area (Å²) in [6, 6.07) is 13.8. The summed E-state index contributed by atoms with van der Waals surface area (Å²) in [6.45, 7) is 3.97. The first-order valence-corrected chi connectivity index (χ1v) is 9.97. The third-order valence-corrected chi connectivity index (χ3v) is 5.01. The van der Waals surface area contributed by atoms with Crippen molar-refractivity contribution in [2.45, 2.75) is 33.2 Å². The number of halogens is 3. The largest absolute Gasteiger partial charge is 0.481 e. The summed E-state index contributed by atoms with van der Waals surface area (Å²) in [5.41, 5.74) is 9.21. The summed E-state index contributed by atoms with van der Waals surface area (Å²) in [5, 5.41) is 9.23. The van der Waals surface area contributed by atoms with Gasteiger partial charge < -0.3 is 15.6 Å². The monoisotopic (exact) mass is 462 g/mol. The van der Waals surface area contributed by atoms with Crippen molar-refractivity contribution in [3.63, 3.8) is 0 Å². The zero-order valence-electron chi connectivity index (χ0n) is 17.8. The van der Waals surface area contributed by atoms with Crippen molar-refractivity contribution in [2.24, 2.45) is 11.7 Å². The van der Waals surface area contributed by atoms with E-state index in [0.29, 0.717) is 24.8 Å². The molecule has 2 aromatic carbocycles. The number of benzene rings is 2. The molecule has 170 valence electrons. The number of hydrogen-bond donors (Lipinski definition) is 2. The van der Waals surface area contributed by atoms with Crippen molar-refractivity contribution in [1.29, 1.82) is 0 Å². The summed E-state index contributed by atoms with van der Waals surface area (Å²) in [5.74, 6) is -3.79. The third-order valence-electron chi connectivity index (χ3n) is 5.01. The van der Waals surface area contributed by atoms with Crippen molar-refractivity contribution in [2.75, 3.05) is 0 Å². The third kappa shape index (κ3) is 6.02. The molecule has 1 atom stereocenters. The number of carbonyl (C=O) groups is 1. The van der Waals surface area contributed by atoms with Crippen molar-refractivity contribution in [1.82, 2.24) is 4.98 Å². The lowest BCUT2D eigenvalue weighted by Gasteiger charge is -2.13. The lowest BCUT2D eigenvalue weighted by atomic mass is 10.00. The Bertz CT molecular complexity index is 1110. The molecule has 0 amide bonds. The molecule has 0 aliphatic carbocycles. The quantitative estimate of drug-likeness (QED) is 0.451. The van der Waals surface area contributed by atoms with E-state index < -0.39 is 29.4 Å². The number of rotatable bonds is 8. The van der Waals surface area contributed by atoms with Crippen LogP contribution in [0.1, 0.15) is 30.2 Å². The van der Waals surface area contributed by atoms with E-state index in [9.17, 15) is 18.7 Å². The van der Waals surface area contributed by atoms with Gasteiger partial charge in [-0.3, -0.25) is 4.79 Å². The lowest BCUT2D eigenvalue weighted by molar-refractivity contribution is -0.141. The summed E-state index contributed by atoms with van der Waals surface area (Å²) >= 11 is 0. The number of aromatic nitrogens is 1. The molecule has 0 fully saturated rings. The van der Waals surface area contributed by atoms with Crippen LogP contribution in [0.3, 0.4) is 0 Å². The highest BCUT2D eigenvalue weighted by molar-refractivity contribution is 5.85. The number of pyridine rings is 1. The van der Waals surface area contributed by atoms with E-state index >= 15 is 0 Å². The maximum absolute atomic E-state index is 14.4. The molecule has 0 saturated carbocycles. The second kappa shape index (κ2) is 11.0. The van der Waals surface area contributed by atoms with Crippen molar-refractivity contribution in [3.8, 4) is 22.8 Å². The fourth-order valence-electron chi connectivity index (χ4n) is 3.30. The summed E-state index contributed by atoms with van der Waals surface area (Å²) in [7, 11) is 0. The molecule has 0 aliphatic rings. The highest BCUT2D eigenvalue weighted by Crippen LogP contribution is 2.31. The summed E-state index contributed by atoms with van der Waals surface area (Å²) in [4.78, 5) is 15.2. The minimum atomic E-state index is -1.06. The SMILES string of the molecule is CC[C@@H](Cc1nc(Oc2cc(C)cc(-c3cccc(CN)c3)c2)c(F)cc1F)C(=O)O.Cl. The standard InChI is InChI=1S/C24H24F2N2O3.ClH/c1-3-16(24(29)30)11-22-20(25)12-21(26)23(28-22)31-19-8-14(2)7-18(10-19)17-6-4-5-15(9-17)13-27;/h4-10,12,16H,3,11,13,27H2,1-2H3,(H,29,30);1H/t16-;/m0./s1. The van der Waals surface area contributed by atoms with Crippen LogP contribution in [0.5, 0.6) is 11.6 Å². The van der Waals surface area contributed by atoms with E-state index in [4.69, 9.17) is 10.5 Å². The summed E-state index contributed by atoms with van der Waals surface area (Å²) in [6.07, 6.45) is 0.145. The second-order valence-electron chi connectivity index (χ2n) is 7.39. The van der Waals surface area contributed by atoms with Gasteiger partial charge in [-0.25, -0.2) is 13.8 Å². The van der Waals surface area contributed by atoms with Gasteiger partial charge in [0, 0.05) is 19.0 Å². The van der Waals surface area contributed by atoms with Crippen molar-refractivity contribution >= 4 is 18.4 Å². The number of ether oxygens (including phenoxy) is 1. The molecule has 5 nitrogen and oxygen atoms in total. The van der Waals surface area contributed by atoms with Crippen LogP contribution < -0.4 is 10.5 Å². The fraction of sp³-hybridized carbons (Fsp3) is 0.250. The Morgan fingerprint density at radius 1 is 1.12 bits per heavy atom. The molecule has 0 bridgehead atoms. The van der Waals surface area contributed by atoms with Gasteiger partial charge in [-0.2, -0.15) is 0 Å². The molecular weight excluding hydrogens is 438 g/mol. The first-order chi connectivity index (χ1) is 14.8. The van der Waals surface area contributed by atoms with Gasteiger partial charge in [-0.15, -0.1) is 12.4 Å². The van der Waals surface area contributed by atoms with E-state index in [1.807, 2.05) is 37.3 Å². The van der Waals surface area contributed by atoms with E-state index in [0.717, 1.165) is 22.3 Å². The minimum absolute atomic E-state index is 0. The highest BCUT2D eigenvalue weighted by atomic mass is 35.5. The average molecular weight is 463 g/mol. The maximum Gasteiger partial charge on any atom is 0.306 e. The molecular formula is C24H25ClF2N2O3. The van der Waals surface area contributed by atoms with E-state index in [1.165, 1.54) is 0 Å².